The third kappa shape index (κ3) is 3.64. The lowest BCUT2D eigenvalue weighted by Crippen LogP contribution is -2.45. The van der Waals surface area contributed by atoms with E-state index in [0.29, 0.717) is 5.92 Å². The van der Waals surface area contributed by atoms with Gasteiger partial charge in [0.2, 0.25) is 5.91 Å². The standard InChI is InChI=1S/C21H27NO/c1-17(2)15-16-21(20(23)22(3)4,18-11-7-5-8-12-18)19-13-9-6-10-14-19/h5-14,17H,15-16H2,1-4H3. The number of rotatable bonds is 6. The number of carbonyl (C=O) groups is 1. The minimum absolute atomic E-state index is 0.149. The molecule has 0 fully saturated rings. The van der Waals surface area contributed by atoms with Gasteiger partial charge in [-0.05, 0) is 29.9 Å². The molecule has 0 radical (unpaired) electrons. The maximum Gasteiger partial charge on any atom is 0.237 e. The van der Waals surface area contributed by atoms with Crippen LogP contribution in [0.25, 0.3) is 0 Å². The summed E-state index contributed by atoms with van der Waals surface area (Å²) in [6, 6.07) is 20.4. The molecule has 0 aliphatic carbocycles. The third-order valence-electron chi connectivity index (χ3n) is 4.40. The largest absolute Gasteiger partial charge is 0.348 e. The van der Waals surface area contributed by atoms with Crippen LogP contribution < -0.4 is 0 Å². The van der Waals surface area contributed by atoms with Gasteiger partial charge in [-0.1, -0.05) is 74.5 Å². The highest BCUT2D eigenvalue weighted by molar-refractivity contribution is 5.91. The second kappa shape index (κ2) is 7.45. The Labute approximate surface area is 140 Å². The zero-order chi connectivity index (χ0) is 16.9. The van der Waals surface area contributed by atoms with Gasteiger partial charge < -0.3 is 4.90 Å². The zero-order valence-electron chi connectivity index (χ0n) is 14.6. The average Bonchev–Trinajstić information content (AvgIpc) is 2.57. The zero-order valence-corrected chi connectivity index (χ0v) is 14.6. The van der Waals surface area contributed by atoms with E-state index >= 15 is 0 Å². The van der Waals surface area contributed by atoms with E-state index < -0.39 is 5.41 Å². The molecule has 0 aromatic heterocycles. The molecule has 23 heavy (non-hydrogen) atoms. The maximum atomic E-state index is 13.3. The summed E-state index contributed by atoms with van der Waals surface area (Å²) in [5, 5.41) is 0. The molecule has 0 N–H and O–H groups in total. The Morgan fingerprint density at radius 3 is 1.70 bits per heavy atom. The SMILES string of the molecule is CC(C)CCC(C(=O)N(C)C)(c1ccccc1)c1ccccc1. The molecule has 2 aromatic rings. The number of benzene rings is 2. The normalized spacial score (nSPS) is 11.5. The minimum Gasteiger partial charge on any atom is -0.348 e. The Bertz CT molecular complexity index is 577. The van der Waals surface area contributed by atoms with E-state index in [0.717, 1.165) is 24.0 Å². The number of hydrogen-bond acceptors (Lipinski definition) is 1. The van der Waals surface area contributed by atoms with Crippen LogP contribution in [0.15, 0.2) is 60.7 Å². The molecule has 2 rings (SSSR count). The molecule has 0 bridgehead atoms. The Morgan fingerprint density at radius 1 is 0.913 bits per heavy atom. The van der Waals surface area contributed by atoms with E-state index in [-0.39, 0.29) is 5.91 Å². The van der Waals surface area contributed by atoms with Gasteiger partial charge in [0.15, 0.2) is 0 Å². The van der Waals surface area contributed by atoms with E-state index in [9.17, 15) is 4.79 Å². The molecule has 0 aliphatic rings. The molecule has 0 aliphatic heterocycles. The predicted octanol–water partition coefficient (Wildman–Crippen LogP) is 4.50. The highest BCUT2D eigenvalue weighted by Gasteiger charge is 2.42. The van der Waals surface area contributed by atoms with Gasteiger partial charge in [-0.2, -0.15) is 0 Å². The van der Waals surface area contributed by atoms with Crippen molar-refractivity contribution >= 4 is 5.91 Å². The van der Waals surface area contributed by atoms with Gasteiger partial charge >= 0.3 is 0 Å². The third-order valence-corrected chi connectivity index (χ3v) is 4.40. The summed E-state index contributed by atoms with van der Waals surface area (Å²) in [6.07, 6.45) is 1.82. The average molecular weight is 309 g/mol. The van der Waals surface area contributed by atoms with Crippen LogP contribution in [0.5, 0.6) is 0 Å². The van der Waals surface area contributed by atoms with Gasteiger partial charge in [-0.25, -0.2) is 0 Å². The molecule has 122 valence electrons. The van der Waals surface area contributed by atoms with E-state index in [4.69, 9.17) is 0 Å². The van der Waals surface area contributed by atoms with Crippen molar-refractivity contribution in [3.05, 3.63) is 71.8 Å². The van der Waals surface area contributed by atoms with Crippen LogP contribution in [0, 0.1) is 5.92 Å². The summed E-state index contributed by atoms with van der Waals surface area (Å²) in [7, 11) is 3.69. The molecular weight excluding hydrogens is 282 g/mol. The number of hydrogen-bond donors (Lipinski definition) is 0. The monoisotopic (exact) mass is 309 g/mol. The van der Waals surface area contributed by atoms with Gasteiger partial charge in [-0.15, -0.1) is 0 Å². The van der Waals surface area contributed by atoms with Gasteiger partial charge in [0.05, 0.1) is 5.41 Å². The van der Waals surface area contributed by atoms with E-state index in [1.807, 2.05) is 50.5 Å². The Hall–Kier alpha value is -2.09. The van der Waals surface area contributed by atoms with Crippen LogP contribution in [0.2, 0.25) is 0 Å². The van der Waals surface area contributed by atoms with Crippen LogP contribution >= 0.6 is 0 Å². The van der Waals surface area contributed by atoms with Crippen molar-refractivity contribution < 1.29 is 4.79 Å². The topological polar surface area (TPSA) is 20.3 Å². The summed E-state index contributed by atoms with van der Waals surface area (Å²) < 4.78 is 0. The van der Waals surface area contributed by atoms with Crippen LogP contribution in [0.3, 0.4) is 0 Å². The summed E-state index contributed by atoms with van der Waals surface area (Å²) >= 11 is 0. The van der Waals surface area contributed by atoms with Gasteiger partial charge in [0, 0.05) is 14.1 Å². The fourth-order valence-corrected chi connectivity index (χ4v) is 3.14. The molecule has 1 amide bonds. The van der Waals surface area contributed by atoms with Crippen LogP contribution in [0.1, 0.15) is 37.8 Å². The Balaban J connectivity index is 2.65. The first-order chi connectivity index (χ1) is 11.0. The Morgan fingerprint density at radius 2 is 1.35 bits per heavy atom. The van der Waals surface area contributed by atoms with Gasteiger partial charge in [0.25, 0.3) is 0 Å². The molecule has 2 nitrogen and oxygen atoms in total. The first-order valence-corrected chi connectivity index (χ1v) is 8.31. The Kier molecular flexibility index (Phi) is 5.59. The maximum absolute atomic E-state index is 13.3. The lowest BCUT2D eigenvalue weighted by Gasteiger charge is -2.36. The number of likely N-dealkylation sites (N-methyl/N-ethyl adjacent to an activating group) is 1. The molecule has 0 atom stereocenters. The fraction of sp³-hybridized carbons (Fsp3) is 0.381. The lowest BCUT2D eigenvalue weighted by atomic mass is 9.69. The van der Waals surface area contributed by atoms with Crippen molar-refractivity contribution in [3.63, 3.8) is 0 Å². The lowest BCUT2D eigenvalue weighted by molar-refractivity contribution is -0.133. The minimum atomic E-state index is -0.615. The van der Waals surface area contributed by atoms with Crippen molar-refractivity contribution in [2.75, 3.05) is 14.1 Å². The second-order valence-corrected chi connectivity index (χ2v) is 6.77. The van der Waals surface area contributed by atoms with Crippen molar-refractivity contribution in [2.24, 2.45) is 5.92 Å². The summed E-state index contributed by atoms with van der Waals surface area (Å²) in [5.41, 5.74) is 1.53. The van der Waals surface area contributed by atoms with Crippen LogP contribution in [0.4, 0.5) is 0 Å². The van der Waals surface area contributed by atoms with Crippen molar-refractivity contribution in [1.82, 2.24) is 4.90 Å². The summed E-state index contributed by atoms with van der Waals surface area (Å²) in [6.45, 7) is 4.42. The van der Waals surface area contributed by atoms with Crippen molar-refractivity contribution in [2.45, 2.75) is 32.1 Å². The van der Waals surface area contributed by atoms with Crippen molar-refractivity contribution in [1.29, 1.82) is 0 Å². The summed E-state index contributed by atoms with van der Waals surface area (Å²) in [4.78, 5) is 15.0. The fourth-order valence-electron chi connectivity index (χ4n) is 3.14. The molecule has 0 spiro atoms. The van der Waals surface area contributed by atoms with Crippen LogP contribution in [-0.2, 0) is 10.2 Å². The molecule has 0 saturated carbocycles. The van der Waals surface area contributed by atoms with Crippen LogP contribution in [-0.4, -0.2) is 24.9 Å². The smallest absolute Gasteiger partial charge is 0.237 e. The van der Waals surface area contributed by atoms with E-state index in [1.165, 1.54) is 0 Å². The van der Waals surface area contributed by atoms with Crippen molar-refractivity contribution in [3.8, 4) is 0 Å². The number of amides is 1. The summed E-state index contributed by atoms with van der Waals surface area (Å²) in [5.74, 6) is 0.701. The highest BCUT2D eigenvalue weighted by atomic mass is 16.2. The quantitative estimate of drug-likeness (QED) is 0.769. The highest BCUT2D eigenvalue weighted by Crippen LogP contribution is 2.39. The molecule has 0 heterocycles. The number of nitrogens with zero attached hydrogens (tertiary/aromatic N) is 1. The first-order valence-electron chi connectivity index (χ1n) is 8.31. The van der Waals surface area contributed by atoms with Gasteiger partial charge in [0.1, 0.15) is 0 Å². The number of carbonyl (C=O) groups excluding carboxylic acids is 1. The van der Waals surface area contributed by atoms with Gasteiger partial charge in [-0.3, -0.25) is 4.79 Å². The molecular formula is C21H27NO. The predicted molar refractivity (Wildman–Crippen MR) is 96.4 cm³/mol. The second-order valence-electron chi connectivity index (χ2n) is 6.77. The first kappa shape index (κ1) is 17.3. The van der Waals surface area contributed by atoms with E-state index in [2.05, 4.69) is 38.1 Å². The molecule has 0 saturated heterocycles. The molecule has 2 heteroatoms. The molecule has 2 aromatic carbocycles. The molecule has 0 unspecified atom stereocenters. The van der Waals surface area contributed by atoms with E-state index in [1.54, 1.807) is 4.90 Å².